The summed E-state index contributed by atoms with van der Waals surface area (Å²) in [7, 11) is 0. The summed E-state index contributed by atoms with van der Waals surface area (Å²) >= 11 is 0. The van der Waals surface area contributed by atoms with Gasteiger partial charge < -0.3 is 4.90 Å². The van der Waals surface area contributed by atoms with E-state index in [-0.39, 0.29) is 12.5 Å². The zero-order valence-electron chi connectivity index (χ0n) is 9.29. The van der Waals surface area contributed by atoms with Crippen LogP contribution in [0.1, 0.15) is 12.5 Å². The molecule has 0 saturated carbocycles. The number of amides is 1. The van der Waals surface area contributed by atoms with Crippen molar-refractivity contribution in [2.75, 3.05) is 11.4 Å². The number of nitrogens with zero attached hydrogens (tertiary/aromatic N) is 1. The van der Waals surface area contributed by atoms with Crippen molar-refractivity contribution < 1.29 is 18.0 Å². The molecule has 2 rings (SSSR count). The Hall–Kier alpha value is -1.52. The summed E-state index contributed by atoms with van der Waals surface area (Å²) < 4.78 is 37.4. The van der Waals surface area contributed by atoms with Crippen LogP contribution in [0.3, 0.4) is 0 Å². The lowest BCUT2D eigenvalue weighted by atomic mass is 9.94. The minimum Gasteiger partial charge on any atom is -0.304 e. The SMILES string of the molecule is CC1Cc2ccccc2N(C(=O)C(F)(F)F)C1. The zero-order chi connectivity index (χ0) is 12.6. The summed E-state index contributed by atoms with van der Waals surface area (Å²) in [6, 6.07) is 6.74. The van der Waals surface area contributed by atoms with E-state index in [2.05, 4.69) is 0 Å². The molecule has 0 aromatic heterocycles. The third-order valence-corrected chi connectivity index (χ3v) is 2.83. The smallest absolute Gasteiger partial charge is 0.304 e. The molecule has 1 aromatic rings. The Morgan fingerprint density at radius 3 is 2.65 bits per heavy atom. The van der Waals surface area contributed by atoms with E-state index in [4.69, 9.17) is 0 Å². The molecular formula is C12H12F3NO. The number of alkyl halides is 3. The van der Waals surface area contributed by atoms with Crippen molar-refractivity contribution in [2.24, 2.45) is 5.92 Å². The third kappa shape index (κ3) is 2.28. The highest BCUT2D eigenvalue weighted by molar-refractivity contribution is 5.98. The van der Waals surface area contributed by atoms with E-state index in [1.165, 1.54) is 0 Å². The molecule has 0 saturated heterocycles. The van der Waals surface area contributed by atoms with Gasteiger partial charge in [0.15, 0.2) is 0 Å². The van der Waals surface area contributed by atoms with Crippen LogP contribution >= 0.6 is 0 Å². The van der Waals surface area contributed by atoms with Crippen molar-refractivity contribution in [2.45, 2.75) is 19.5 Å². The second-order valence-electron chi connectivity index (χ2n) is 4.35. The molecule has 17 heavy (non-hydrogen) atoms. The van der Waals surface area contributed by atoms with Crippen LogP contribution in [0.2, 0.25) is 0 Å². The Morgan fingerprint density at radius 2 is 2.00 bits per heavy atom. The monoisotopic (exact) mass is 243 g/mol. The molecule has 1 aliphatic heterocycles. The summed E-state index contributed by atoms with van der Waals surface area (Å²) in [5.74, 6) is -1.74. The van der Waals surface area contributed by atoms with Crippen LogP contribution in [0.25, 0.3) is 0 Å². The largest absolute Gasteiger partial charge is 0.471 e. The van der Waals surface area contributed by atoms with E-state index < -0.39 is 12.1 Å². The first-order chi connectivity index (χ1) is 7.89. The van der Waals surface area contributed by atoms with Crippen molar-refractivity contribution >= 4 is 11.6 Å². The molecule has 1 amide bonds. The Balaban J connectivity index is 2.40. The van der Waals surface area contributed by atoms with Gasteiger partial charge in [-0.1, -0.05) is 25.1 Å². The van der Waals surface area contributed by atoms with Crippen LogP contribution in [-0.2, 0) is 11.2 Å². The topological polar surface area (TPSA) is 20.3 Å². The van der Waals surface area contributed by atoms with E-state index in [9.17, 15) is 18.0 Å². The predicted molar refractivity (Wildman–Crippen MR) is 57.7 cm³/mol. The summed E-state index contributed by atoms with van der Waals surface area (Å²) in [6.45, 7) is 1.96. The van der Waals surface area contributed by atoms with Crippen LogP contribution in [0.4, 0.5) is 18.9 Å². The number of benzene rings is 1. The second kappa shape index (κ2) is 4.05. The fraction of sp³-hybridized carbons (Fsp3) is 0.417. The van der Waals surface area contributed by atoms with Crippen molar-refractivity contribution in [1.29, 1.82) is 0 Å². The quantitative estimate of drug-likeness (QED) is 0.686. The van der Waals surface area contributed by atoms with Gasteiger partial charge in [0.05, 0.1) is 0 Å². The van der Waals surface area contributed by atoms with E-state index in [0.717, 1.165) is 10.5 Å². The second-order valence-corrected chi connectivity index (χ2v) is 4.35. The molecule has 1 unspecified atom stereocenters. The molecule has 0 radical (unpaired) electrons. The normalized spacial score (nSPS) is 20.0. The van der Waals surface area contributed by atoms with Gasteiger partial charge in [-0.2, -0.15) is 13.2 Å². The Labute approximate surface area is 97.0 Å². The zero-order valence-corrected chi connectivity index (χ0v) is 9.29. The van der Waals surface area contributed by atoms with Gasteiger partial charge in [-0.3, -0.25) is 4.79 Å². The van der Waals surface area contributed by atoms with Crippen molar-refractivity contribution in [1.82, 2.24) is 0 Å². The molecule has 1 heterocycles. The van der Waals surface area contributed by atoms with E-state index in [1.54, 1.807) is 24.3 Å². The van der Waals surface area contributed by atoms with Gasteiger partial charge in [0.25, 0.3) is 0 Å². The highest BCUT2D eigenvalue weighted by Crippen LogP contribution is 2.32. The van der Waals surface area contributed by atoms with Crippen molar-refractivity contribution in [3.05, 3.63) is 29.8 Å². The minimum atomic E-state index is -4.82. The molecule has 0 bridgehead atoms. The number of para-hydroxylation sites is 1. The van der Waals surface area contributed by atoms with Crippen LogP contribution in [-0.4, -0.2) is 18.6 Å². The number of fused-ring (bicyclic) bond motifs is 1. The number of anilines is 1. The first-order valence-electron chi connectivity index (χ1n) is 5.36. The van der Waals surface area contributed by atoms with Gasteiger partial charge in [0, 0.05) is 12.2 Å². The van der Waals surface area contributed by atoms with Crippen molar-refractivity contribution in [3.8, 4) is 0 Å². The van der Waals surface area contributed by atoms with E-state index >= 15 is 0 Å². The first-order valence-corrected chi connectivity index (χ1v) is 5.36. The van der Waals surface area contributed by atoms with Gasteiger partial charge in [-0.05, 0) is 24.0 Å². The maximum Gasteiger partial charge on any atom is 0.471 e. The average Bonchev–Trinajstić information content (AvgIpc) is 2.25. The third-order valence-electron chi connectivity index (χ3n) is 2.83. The number of hydrogen-bond donors (Lipinski definition) is 0. The first kappa shape index (κ1) is 12.0. The summed E-state index contributed by atoms with van der Waals surface area (Å²) in [6.07, 6.45) is -4.11. The molecule has 0 aliphatic carbocycles. The fourth-order valence-corrected chi connectivity index (χ4v) is 2.14. The molecule has 1 aromatic carbocycles. The van der Waals surface area contributed by atoms with Crippen LogP contribution in [0.15, 0.2) is 24.3 Å². The molecule has 92 valence electrons. The maximum atomic E-state index is 12.5. The van der Waals surface area contributed by atoms with Gasteiger partial charge in [-0.15, -0.1) is 0 Å². The molecule has 1 aliphatic rings. The molecule has 1 atom stereocenters. The summed E-state index contributed by atoms with van der Waals surface area (Å²) in [5, 5.41) is 0. The van der Waals surface area contributed by atoms with E-state index in [1.807, 2.05) is 6.92 Å². The standard InChI is InChI=1S/C12H12F3NO/c1-8-6-9-4-2-3-5-10(9)16(7-8)11(17)12(13,14)15/h2-5,8H,6-7H2,1H3. The fourth-order valence-electron chi connectivity index (χ4n) is 2.14. The molecule has 0 N–H and O–H groups in total. The Bertz CT molecular complexity index is 442. The number of rotatable bonds is 0. The highest BCUT2D eigenvalue weighted by atomic mass is 19.4. The van der Waals surface area contributed by atoms with Gasteiger partial charge in [-0.25, -0.2) is 0 Å². The lowest BCUT2D eigenvalue weighted by molar-refractivity contribution is -0.170. The molecule has 2 nitrogen and oxygen atoms in total. The Morgan fingerprint density at radius 1 is 1.35 bits per heavy atom. The van der Waals surface area contributed by atoms with E-state index in [0.29, 0.717) is 12.1 Å². The summed E-state index contributed by atoms with van der Waals surface area (Å²) in [5.41, 5.74) is 1.18. The maximum absolute atomic E-state index is 12.5. The van der Waals surface area contributed by atoms with Gasteiger partial charge in [0.1, 0.15) is 0 Å². The molecular weight excluding hydrogens is 231 g/mol. The minimum absolute atomic E-state index is 0.0381. The van der Waals surface area contributed by atoms with Gasteiger partial charge in [0.2, 0.25) is 0 Å². The number of halogens is 3. The van der Waals surface area contributed by atoms with Crippen LogP contribution < -0.4 is 4.90 Å². The average molecular weight is 243 g/mol. The number of carbonyl (C=O) groups excluding carboxylic acids is 1. The molecule has 5 heteroatoms. The molecule has 0 fully saturated rings. The number of carbonyl (C=O) groups is 1. The van der Waals surface area contributed by atoms with Crippen LogP contribution in [0.5, 0.6) is 0 Å². The Kier molecular flexibility index (Phi) is 2.85. The number of hydrogen-bond acceptors (Lipinski definition) is 1. The predicted octanol–water partition coefficient (Wildman–Crippen LogP) is 2.77. The van der Waals surface area contributed by atoms with Crippen LogP contribution in [0, 0.1) is 5.92 Å². The summed E-state index contributed by atoms with van der Waals surface area (Å²) in [4.78, 5) is 12.2. The van der Waals surface area contributed by atoms with Crippen molar-refractivity contribution in [3.63, 3.8) is 0 Å². The lowest BCUT2D eigenvalue weighted by Crippen LogP contribution is -2.46. The molecule has 0 spiro atoms. The highest BCUT2D eigenvalue weighted by Gasteiger charge is 2.44. The lowest BCUT2D eigenvalue weighted by Gasteiger charge is -2.33. The van der Waals surface area contributed by atoms with Gasteiger partial charge >= 0.3 is 12.1 Å².